The maximum atomic E-state index is 13.5. The van der Waals surface area contributed by atoms with E-state index >= 15 is 0 Å². The summed E-state index contributed by atoms with van der Waals surface area (Å²) in [4.78, 5) is 51.7. The van der Waals surface area contributed by atoms with Crippen LogP contribution in [0.4, 0.5) is 4.79 Å². The highest BCUT2D eigenvalue weighted by molar-refractivity contribution is 5.92. The van der Waals surface area contributed by atoms with E-state index < -0.39 is 40.9 Å². The van der Waals surface area contributed by atoms with Crippen LogP contribution in [0.2, 0.25) is 0 Å². The van der Waals surface area contributed by atoms with Crippen LogP contribution < -0.4 is 10.6 Å². The molecule has 0 radical (unpaired) electrons. The van der Waals surface area contributed by atoms with Gasteiger partial charge in [0.2, 0.25) is 5.91 Å². The fraction of sp³-hybridized carbons (Fsp3) is 0.654. The molecule has 0 heterocycles. The summed E-state index contributed by atoms with van der Waals surface area (Å²) < 4.78 is 5.39. The number of rotatable bonds is 10. The second-order valence-electron chi connectivity index (χ2n) is 11.4. The van der Waals surface area contributed by atoms with Gasteiger partial charge < -0.3 is 15.4 Å². The van der Waals surface area contributed by atoms with Crippen molar-refractivity contribution in [2.45, 2.75) is 84.2 Å². The molecule has 1 aromatic carbocycles. The summed E-state index contributed by atoms with van der Waals surface area (Å²) in [7, 11) is 1.96. The van der Waals surface area contributed by atoms with E-state index in [1.54, 1.807) is 20.8 Å². The molecule has 2 aliphatic carbocycles. The van der Waals surface area contributed by atoms with E-state index in [0.29, 0.717) is 12.0 Å². The predicted molar refractivity (Wildman–Crippen MR) is 132 cm³/mol. The Balaban J connectivity index is 1.78. The van der Waals surface area contributed by atoms with Gasteiger partial charge in [0.15, 0.2) is 0 Å². The van der Waals surface area contributed by atoms with Crippen LogP contribution >= 0.6 is 0 Å². The van der Waals surface area contributed by atoms with Crippen LogP contribution in [0.3, 0.4) is 0 Å². The van der Waals surface area contributed by atoms with Crippen LogP contribution in [-0.2, 0) is 20.9 Å². The summed E-state index contributed by atoms with van der Waals surface area (Å²) in [5.74, 6) is -0.176. The zero-order valence-electron chi connectivity index (χ0n) is 21.5. The number of carbonyl (C=O) groups excluding carboxylic acids is 3. The molecule has 3 rings (SSSR count). The molecule has 0 spiro atoms. The Morgan fingerprint density at radius 3 is 2.23 bits per heavy atom. The lowest BCUT2D eigenvalue weighted by Crippen LogP contribution is -2.66. The van der Waals surface area contributed by atoms with Crippen LogP contribution in [-0.4, -0.2) is 53.5 Å². The van der Waals surface area contributed by atoms with E-state index in [0.717, 1.165) is 17.9 Å². The number of carbonyl (C=O) groups is 3. The van der Waals surface area contributed by atoms with E-state index in [-0.39, 0.29) is 6.61 Å². The number of benzene rings is 1. The van der Waals surface area contributed by atoms with E-state index in [9.17, 15) is 19.3 Å². The summed E-state index contributed by atoms with van der Waals surface area (Å²) in [6, 6.07) is 7.41. The van der Waals surface area contributed by atoms with Crippen molar-refractivity contribution in [2.75, 3.05) is 7.05 Å². The molecule has 9 nitrogen and oxygen atoms in total. The molecule has 2 aliphatic rings. The maximum Gasteiger partial charge on any atom is 0.408 e. The number of nitroso groups, excluding NO2 is 1. The van der Waals surface area contributed by atoms with Gasteiger partial charge in [0, 0.05) is 16.8 Å². The number of hydrogen-bond donors (Lipinski definition) is 2. The lowest BCUT2D eigenvalue weighted by molar-refractivity contribution is -0.133. The number of amides is 3. The molecule has 35 heavy (non-hydrogen) atoms. The molecule has 2 fully saturated rings. The molecular weight excluding hydrogens is 448 g/mol. The average Bonchev–Trinajstić information content (AvgIpc) is 3.71. The van der Waals surface area contributed by atoms with Gasteiger partial charge in [-0.05, 0) is 63.0 Å². The highest BCUT2D eigenvalue weighted by Crippen LogP contribution is 2.53. The highest BCUT2D eigenvalue weighted by Gasteiger charge is 2.54. The van der Waals surface area contributed by atoms with Gasteiger partial charge >= 0.3 is 12.0 Å². The molecule has 1 unspecified atom stereocenters. The standard InChI is InChI=1S/C26H38N4O5/c1-25(2,3)20(23(32)29-34)27-22(31)21(28-24(33)35-15-16-10-8-7-9-11-16)26(4,5)30(6)19-14-18(19)17-12-13-17/h7-11,17-21H,12-15H2,1-6H3,(H,27,31)(H,28,33)/t18?,19-,20-,21-/m1/s1. The Morgan fingerprint density at radius 2 is 1.69 bits per heavy atom. The van der Waals surface area contributed by atoms with Crippen molar-refractivity contribution >= 4 is 17.9 Å². The monoisotopic (exact) mass is 486 g/mol. The van der Waals surface area contributed by atoms with Crippen LogP contribution in [0.15, 0.2) is 35.5 Å². The Labute approximate surface area is 207 Å². The molecule has 0 aromatic heterocycles. The van der Waals surface area contributed by atoms with Gasteiger partial charge in [0.05, 0.1) is 0 Å². The van der Waals surface area contributed by atoms with Crippen LogP contribution in [0, 0.1) is 22.2 Å². The third kappa shape index (κ3) is 6.66. The van der Waals surface area contributed by atoms with Crippen molar-refractivity contribution in [1.82, 2.24) is 15.5 Å². The van der Waals surface area contributed by atoms with Gasteiger partial charge in [-0.15, -0.1) is 4.91 Å². The quantitative estimate of drug-likeness (QED) is 0.488. The van der Waals surface area contributed by atoms with Crippen LogP contribution in [0.25, 0.3) is 0 Å². The summed E-state index contributed by atoms with van der Waals surface area (Å²) in [5, 5.41) is 7.94. The topological polar surface area (TPSA) is 117 Å². The first-order chi connectivity index (χ1) is 16.4. The lowest BCUT2D eigenvalue weighted by Gasteiger charge is -2.42. The summed E-state index contributed by atoms with van der Waals surface area (Å²) in [6.45, 7) is 9.05. The highest BCUT2D eigenvalue weighted by atomic mass is 16.5. The minimum Gasteiger partial charge on any atom is -0.445 e. The van der Waals surface area contributed by atoms with Crippen LogP contribution in [0.1, 0.15) is 59.4 Å². The summed E-state index contributed by atoms with van der Waals surface area (Å²) in [5.41, 5.74) is -0.729. The number of ether oxygens (including phenoxy) is 1. The molecule has 9 heteroatoms. The third-order valence-electron chi connectivity index (χ3n) is 7.37. The summed E-state index contributed by atoms with van der Waals surface area (Å²) >= 11 is 0. The van der Waals surface area contributed by atoms with E-state index in [1.807, 2.05) is 51.2 Å². The van der Waals surface area contributed by atoms with Gasteiger partial charge in [-0.25, -0.2) is 4.79 Å². The molecular formula is C26H38N4O5. The first-order valence-corrected chi connectivity index (χ1v) is 12.2. The average molecular weight is 487 g/mol. The molecule has 2 N–H and O–H groups in total. The second kappa shape index (κ2) is 10.4. The Morgan fingerprint density at radius 1 is 1.06 bits per heavy atom. The number of nitrogens with zero attached hydrogens (tertiary/aromatic N) is 2. The Kier molecular flexibility index (Phi) is 7.99. The zero-order chi connectivity index (χ0) is 26.0. The molecule has 0 saturated heterocycles. The molecule has 0 bridgehead atoms. The van der Waals surface area contributed by atoms with Gasteiger partial charge in [-0.2, -0.15) is 0 Å². The van der Waals surface area contributed by atoms with Crippen molar-refractivity contribution in [3.05, 3.63) is 40.8 Å². The van der Waals surface area contributed by atoms with Crippen molar-refractivity contribution in [3.63, 3.8) is 0 Å². The predicted octanol–water partition coefficient (Wildman–Crippen LogP) is 3.61. The number of likely N-dealkylation sites (N-methyl/N-ethyl adjacent to an activating group) is 1. The van der Waals surface area contributed by atoms with E-state index in [2.05, 4.69) is 20.7 Å². The molecule has 1 aromatic rings. The Bertz CT molecular complexity index is 939. The van der Waals surface area contributed by atoms with Crippen LogP contribution in [0.5, 0.6) is 0 Å². The largest absolute Gasteiger partial charge is 0.445 e. The van der Waals surface area contributed by atoms with Crippen molar-refractivity contribution in [2.24, 2.45) is 22.4 Å². The molecule has 2 saturated carbocycles. The minimum atomic E-state index is -1.13. The fourth-order valence-corrected chi connectivity index (χ4v) is 4.68. The van der Waals surface area contributed by atoms with Gasteiger partial charge in [0.1, 0.15) is 18.7 Å². The maximum absolute atomic E-state index is 13.5. The number of nitrogens with one attached hydrogen (secondary N) is 2. The SMILES string of the molecule is CN([C@@H]1CC1C1CC1)C(C)(C)[C@H](NC(=O)OCc1ccccc1)C(=O)N[C@H](C(=O)N=O)C(C)(C)C. The van der Waals surface area contributed by atoms with Gasteiger partial charge in [-0.3, -0.25) is 14.5 Å². The zero-order valence-corrected chi connectivity index (χ0v) is 21.5. The second-order valence-corrected chi connectivity index (χ2v) is 11.4. The van der Waals surface area contributed by atoms with E-state index in [1.165, 1.54) is 12.8 Å². The molecule has 3 amide bonds. The number of hydrogen-bond acceptors (Lipinski definition) is 6. The molecule has 4 atom stereocenters. The third-order valence-corrected chi connectivity index (χ3v) is 7.37. The lowest BCUT2D eigenvalue weighted by atomic mass is 9.85. The van der Waals surface area contributed by atoms with Crippen molar-refractivity contribution in [1.29, 1.82) is 0 Å². The summed E-state index contributed by atoms with van der Waals surface area (Å²) in [6.07, 6.45) is 2.82. The smallest absolute Gasteiger partial charge is 0.408 e. The van der Waals surface area contributed by atoms with Gasteiger partial charge in [-0.1, -0.05) is 51.1 Å². The Hall–Kier alpha value is -2.81. The van der Waals surface area contributed by atoms with Crippen molar-refractivity contribution < 1.29 is 19.1 Å². The normalized spacial score (nSPS) is 21.6. The number of alkyl carbamates (subject to hydrolysis) is 1. The van der Waals surface area contributed by atoms with Crippen molar-refractivity contribution in [3.8, 4) is 0 Å². The molecule has 192 valence electrons. The molecule has 0 aliphatic heterocycles. The minimum absolute atomic E-state index is 0.0574. The fourth-order valence-electron chi connectivity index (χ4n) is 4.68. The first-order valence-electron chi connectivity index (χ1n) is 12.2. The first kappa shape index (κ1) is 26.8. The van der Waals surface area contributed by atoms with E-state index in [4.69, 9.17) is 4.74 Å². The van der Waals surface area contributed by atoms with Gasteiger partial charge in [0.25, 0.3) is 0 Å².